The van der Waals surface area contributed by atoms with Crippen LogP contribution in [-0.4, -0.2) is 104 Å². The van der Waals surface area contributed by atoms with E-state index in [1.54, 1.807) is 24.3 Å². The number of aromatic carboxylic acids is 1. The van der Waals surface area contributed by atoms with Gasteiger partial charge in [0.2, 0.25) is 0 Å². The van der Waals surface area contributed by atoms with Crippen molar-refractivity contribution in [1.29, 1.82) is 0 Å². The number of carboxylic acids is 1. The Bertz CT molecular complexity index is 5760. The molecule has 35 heteroatoms. The predicted molar refractivity (Wildman–Crippen MR) is 508 cm³/mol. The lowest BCUT2D eigenvalue weighted by molar-refractivity contribution is -0.142. The van der Waals surface area contributed by atoms with Crippen LogP contribution in [0.2, 0.25) is 0 Å². The van der Waals surface area contributed by atoms with Crippen LogP contribution in [0.15, 0.2) is 232 Å². The van der Waals surface area contributed by atoms with Gasteiger partial charge in [0.25, 0.3) is 17.7 Å². The van der Waals surface area contributed by atoms with E-state index in [9.17, 15) is 73.3 Å². The van der Waals surface area contributed by atoms with Crippen molar-refractivity contribution in [3.05, 3.63) is 322 Å². The smallest absolute Gasteiger partial charge is 0.478 e. The third-order valence-corrected chi connectivity index (χ3v) is 27.2. The molecule has 3 saturated heterocycles. The van der Waals surface area contributed by atoms with Crippen LogP contribution in [0.3, 0.4) is 0 Å². The van der Waals surface area contributed by atoms with E-state index in [-0.39, 0.29) is 96.3 Å². The summed E-state index contributed by atoms with van der Waals surface area (Å²) in [6.07, 6.45) is 0.401. The third kappa shape index (κ3) is 26.7. The summed E-state index contributed by atoms with van der Waals surface area (Å²) >= 11 is 9.84. The highest BCUT2D eigenvalue weighted by Gasteiger charge is 2.64. The number of carbonyl (C=O) groups excluding carboxylic acids is 3. The largest absolute Gasteiger partial charge is 0.494 e. The van der Waals surface area contributed by atoms with E-state index >= 15 is 0 Å². The summed E-state index contributed by atoms with van der Waals surface area (Å²) in [5.74, 6) is -3.24. The molecule has 716 valence electrons. The molecule has 3 amide bonds. The minimum Gasteiger partial charge on any atom is -0.478 e. The molecule has 8 aromatic carbocycles. The van der Waals surface area contributed by atoms with Gasteiger partial charge in [0.1, 0.15) is 34.7 Å². The van der Waals surface area contributed by atoms with E-state index in [4.69, 9.17) is 38.8 Å². The molecule has 0 spiro atoms. The van der Waals surface area contributed by atoms with Crippen molar-refractivity contribution in [2.45, 2.75) is 241 Å². The number of hydrogen-bond donors (Lipinski definition) is 7. The number of nitrogens with one attached hydrogen (secondary N) is 3. The van der Waals surface area contributed by atoms with Crippen LogP contribution in [0, 0.1) is 23.3 Å². The normalized spacial score (nSPS) is 18.5. The molecule has 8 N–H and O–H groups in total. The fourth-order valence-electron chi connectivity index (χ4n) is 14.4. The maximum Gasteiger partial charge on any atom is 0.494 e. The average Bonchev–Trinajstić information content (AvgIpc) is 1.76. The lowest BCUT2D eigenvalue weighted by Gasteiger charge is -2.32. The first-order valence-electron chi connectivity index (χ1n) is 43.6. The highest BCUT2D eigenvalue weighted by atomic mass is 79.9. The summed E-state index contributed by atoms with van der Waals surface area (Å²) in [5, 5.41) is 37.6. The van der Waals surface area contributed by atoms with Crippen LogP contribution in [0.25, 0.3) is 11.1 Å². The van der Waals surface area contributed by atoms with Crippen molar-refractivity contribution in [2.75, 3.05) is 0 Å². The molecule has 19 nitrogen and oxygen atoms in total. The number of aromatic nitrogens is 2. The number of hydrogen-bond acceptors (Lipinski definition) is 15. The van der Waals surface area contributed by atoms with Gasteiger partial charge >= 0.3 is 39.5 Å². The second-order valence-electron chi connectivity index (χ2n) is 38.4. The summed E-state index contributed by atoms with van der Waals surface area (Å²) in [5.41, 5.74) is 5.63. The van der Waals surface area contributed by atoms with Crippen molar-refractivity contribution in [2.24, 2.45) is 5.73 Å². The van der Waals surface area contributed by atoms with Crippen molar-refractivity contribution in [1.82, 2.24) is 25.9 Å². The number of halogens is 13. The average molecular weight is 2060 g/mol. The summed E-state index contributed by atoms with van der Waals surface area (Å²) < 4.78 is 166. The fraction of sp³-hybridized carbons (Fsp3) is 0.380. The first-order chi connectivity index (χ1) is 62.5. The molecular formula is C100H108B3Br3F10N6O13. The predicted octanol–water partition coefficient (Wildman–Crippen LogP) is 22.4. The van der Waals surface area contributed by atoms with Gasteiger partial charge in [-0.05, 0) is 350 Å². The van der Waals surface area contributed by atoms with Crippen molar-refractivity contribution in [3.63, 3.8) is 0 Å². The first kappa shape index (κ1) is 106. The second-order valence-corrected chi connectivity index (χ2v) is 41.1. The molecule has 5 heterocycles. The molecule has 4 saturated carbocycles. The third-order valence-electron chi connectivity index (χ3n) is 25.5. The number of carboxylic acid groups (broad SMARTS) is 1. The Balaban J connectivity index is 0.000000157. The van der Waals surface area contributed by atoms with Gasteiger partial charge in [-0.15, -0.1) is 0 Å². The number of carbonyl (C=O) groups is 4. The van der Waals surface area contributed by atoms with E-state index in [2.05, 4.69) is 85.8 Å². The lowest BCUT2D eigenvalue weighted by Crippen LogP contribution is -2.41. The fourth-order valence-corrected chi connectivity index (χ4v) is 15.6. The summed E-state index contributed by atoms with van der Waals surface area (Å²) in [6.45, 7) is 30.0. The topological polar surface area (TPSA) is 272 Å². The highest BCUT2D eigenvalue weighted by Crippen LogP contribution is 2.51. The van der Waals surface area contributed by atoms with E-state index < -0.39 is 79.2 Å². The number of nitrogens with zero attached hydrogens (tertiary/aromatic N) is 2. The Labute approximate surface area is 805 Å². The first-order valence-corrected chi connectivity index (χ1v) is 46.0. The van der Waals surface area contributed by atoms with Crippen molar-refractivity contribution in [3.8, 4) is 11.1 Å². The maximum absolute atomic E-state index is 13.1. The minimum atomic E-state index is -4.62. The van der Waals surface area contributed by atoms with Gasteiger partial charge in [0.05, 0.1) is 67.0 Å². The van der Waals surface area contributed by atoms with Crippen LogP contribution in [0.1, 0.15) is 248 Å². The molecule has 3 aliphatic heterocycles. The number of nitrogens with two attached hydrogens (primary N) is 1. The van der Waals surface area contributed by atoms with Crippen molar-refractivity contribution >= 4 is 98.1 Å². The second kappa shape index (κ2) is 40.5. The van der Waals surface area contributed by atoms with E-state index in [0.717, 1.165) is 119 Å². The Morgan fingerprint density at radius 1 is 0.378 bits per heavy atom. The molecule has 17 rings (SSSR count). The SMILES string of the molecule is CC(C)(O)c1cc(C(F)(F)F)ncc1-c1ccc(C2(NC(=O)c3ccc(F)cc3)CC2)cc1.CC(C)(O)c1cc(C(F)(F)F)ncc1Br.CC1(C)OB(B2OC(C)(C)C(C)(C)O2)OC1(C)C.CC1(C)OB(c2ccc(C3(NC(=O)c4ccc(F)cc4)CC3)cc2)OC1(C)C.NC1(c2ccc(Br)cc2)CC1.O=C(NC1(c2ccc(Br)cc2)CC1)c1ccc(F)cc1.O=C(O)c1ccc(F)cc1. The molecule has 0 radical (unpaired) electrons. The quantitative estimate of drug-likeness (QED) is 0.0350. The van der Waals surface area contributed by atoms with E-state index in [1.807, 2.05) is 144 Å². The van der Waals surface area contributed by atoms with Crippen LogP contribution >= 0.6 is 47.8 Å². The Morgan fingerprint density at radius 3 is 0.941 bits per heavy atom. The lowest BCUT2D eigenvalue weighted by atomic mass is 9.49. The standard InChI is InChI=1S/C25H22F4N2O2.C22H25BFNO3.C16H13BrFNO.C12H24B2O4.C9H9BrF3NO.C9H10BrN.C7H5FO2/c1-23(2,33)20-13-21(25(27,28)29)30-14-19(20)15-3-7-17(8-4-15)24(11-12-24)31-22(32)16-5-9-18(26)10-6-16;1-20(2)21(3,4)28-23(27-20)17-9-7-16(8-10-17)22(13-14-22)25-19(26)15-5-11-18(24)12-6-15;17-13-5-3-12(4-6-13)16(9-10-16)19-15(20)11-1-7-14(18)8-2-11;1-9(2)10(3,4)16-13(15-9)14-17-11(5,6)12(7,8)18-14;1-8(2,15)5-3-7(9(11,12)13)14-4-6(5)10;10-8-3-1-7(2-4-8)9(11)5-6-9;8-6-3-1-5(2-4-6)7(9)10/h3-10,13-14,33H,11-12H2,1-2H3,(H,31,32);5-12H,13-14H2,1-4H3,(H,25,26);1-8H,9-10H2,(H,19,20);1-8H3;3-4,15H,1-2H3;1-4H,5-6,11H2;1-4H,(H,9,10). The van der Waals surface area contributed by atoms with Crippen LogP contribution in [0.4, 0.5) is 43.9 Å². The van der Waals surface area contributed by atoms with Gasteiger partial charge in [0, 0.05) is 59.2 Å². The zero-order valence-electron chi connectivity index (χ0n) is 77.5. The Hall–Kier alpha value is -9.49. The molecule has 0 unspecified atom stereocenters. The molecule has 2 aromatic heterocycles. The summed E-state index contributed by atoms with van der Waals surface area (Å²) in [6, 6.07) is 54.2. The summed E-state index contributed by atoms with van der Waals surface area (Å²) in [4.78, 5) is 54.3. The number of aliphatic hydroxyl groups is 2. The number of pyridine rings is 2. The van der Waals surface area contributed by atoms with Gasteiger partial charge in [-0.3, -0.25) is 24.4 Å². The van der Waals surface area contributed by atoms with Gasteiger partial charge < -0.3 is 64.9 Å². The number of rotatable bonds is 16. The number of benzene rings is 8. The van der Waals surface area contributed by atoms with Crippen LogP contribution in [-0.2, 0) is 73.6 Å². The van der Waals surface area contributed by atoms with Gasteiger partial charge in [-0.1, -0.05) is 105 Å². The van der Waals surface area contributed by atoms with Crippen LogP contribution in [0.5, 0.6) is 0 Å². The van der Waals surface area contributed by atoms with Crippen molar-refractivity contribution < 1.29 is 106 Å². The van der Waals surface area contributed by atoms with Gasteiger partial charge in [0.15, 0.2) is 0 Å². The maximum atomic E-state index is 13.1. The molecule has 0 atom stereocenters. The molecule has 7 fully saturated rings. The molecule has 0 bridgehead atoms. The molecule has 135 heavy (non-hydrogen) atoms. The minimum absolute atomic E-state index is 0.0146. The van der Waals surface area contributed by atoms with E-state index in [1.165, 1.54) is 118 Å². The Morgan fingerprint density at radius 2 is 0.652 bits per heavy atom. The number of alkyl halides is 6. The number of amides is 3. The highest BCUT2D eigenvalue weighted by molar-refractivity contribution is 9.11. The molecule has 10 aromatic rings. The summed E-state index contributed by atoms with van der Waals surface area (Å²) in [7, 11) is -1.35. The van der Waals surface area contributed by atoms with Gasteiger partial charge in [-0.2, -0.15) is 26.3 Å². The zero-order valence-corrected chi connectivity index (χ0v) is 82.2. The zero-order chi connectivity index (χ0) is 99.6. The monoisotopic (exact) mass is 2060 g/mol. The molecule has 7 aliphatic rings. The van der Waals surface area contributed by atoms with Gasteiger partial charge in [-0.25, -0.2) is 22.4 Å². The Kier molecular flexibility index (Phi) is 31.8. The van der Waals surface area contributed by atoms with Crippen LogP contribution < -0.4 is 27.1 Å². The van der Waals surface area contributed by atoms with E-state index in [0.29, 0.717) is 32.3 Å². The molecular weight excluding hydrogens is 1960 g/mol. The molecule has 4 aliphatic carbocycles.